The Morgan fingerprint density at radius 2 is 2.15 bits per heavy atom. The maximum atomic E-state index is 13.8. The van der Waals surface area contributed by atoms with E-state index in [0.717, 1.165) is 25.3 Å². The zero-order chi connectivity index (χ0) is 14.5. The summed E-state index contributed by atoms with van der Waals surface area (Å²) < 4.78 is 45.3. The number of anilines is 1. The molecule has 0 aromatic heterocycles. The van der Waals surface area contributed by atoms with Gasteiger partial charge in [-0.1, -0.05) is 0 Å². The van der Waals surface area contributed by atoms with Gasteiger partial charge in [-0.3, -0.25) is 0 Å². The van der Waals surface area contributed by atoms with Gasteiger partial charge in [0.25, 0.3) is 0 Å². The van der Waals surface area contributed by atoms with Crippen molar-refractivity contribution in [2.75, 3.05) is 19.4 Å². The largest absolute Gasteiger partial charge is 0.492 e. The quantitative estimate of drug-likeness (QED) is 0.860. The van der Waals surface area contributed by atoms with Crippen LogP contribution >= 0.6 is 0 Å². The molecule has 0 spiro atoms. The predicted molar refractivity (Wildman–Crippen MR) is 72.4 cm³/mol. The van der Waals surface area contributed by atoms with Crippen molar-refractivity contribution in [2.45, 2.75) is 30.2 Å². The molecule has 2 aliphatic rings. The van der Waals surface area contributed by atoms with Gasteiger partial charge in [-0.2, -0.15) is 4.31 Å². The highest BCUT2D eigenvalue weighted by Gasteiger charge is 2.44. The summed E-state index contributed by atoms with van der Waals surface area (Å²) in [5, 5.41) is 0. The van der Waals surface area contributed by atoms with Crippen LogP contribution in [0.1, 0.15) is 19.3 Å². The number of hydrogen-bond donors (Lipinski definition) is 1. The number of nitrogens with zero attached hydrogens (tertiary/aromatic N) is 1. The number of ether oxygens (including phenoxy) is 1. The first-order valence-corrected chi connectivity index (χ1v) is 8.02. The number of benzene rings is 1. The van der Waals surface area contributed by atoms with Gasteiger partial charge in [-0.15, -0.1) is 0 Å². The molecule has 3 rings (SSSR count). The van der Waals surface area contributed by atoms with E-state index < -0.39 is 15.8 Å². The highest BCUT2D eigenvalue weighted by Crippen LogP contribution is 2.41. The second-order valence-electron chi connectivity index (χ2n) is 5.44. The lowest BCUT2D eigenvalue weighted by atomic mass is 10.1. The van der Waals surface area contributed by atoms with Crippen LogP contribution in [0, 0.1) is 11.7 Å². The molecule has 1 saturated carbocycles. The third-order valence-electron chi connectivity index (χ3n) is 4.22. The number of halogens is 1. The molecule has 2 bridgehead atoms. The monoisotopic (exact) mass is 300 g/mol. The van der Waals surface area contributed by atoms with Crippen molar-refractivity contribution < 1.29 is 17.5 Å². The van der Waals surface area contributed by atoms with Crippen molar-refractivity contribution in [2.24, 2.45) is 5.92 Å². The summed E-state index contributed by atoms with van der Waals surface area (Å²) in [6.45, 7) is 0.528. The van der Waals surface area contributed by atoms with E-state index in [4.69, 9.17) is 10.5 Å². The number of piperidine rings is 1. The summed E-state index contributed by atoms with van der Waals surface area (Å²) >= 11 is 0. The van der Waals surface area contributed by atoms with Crippen molar-refractivity contribution in [1.29, 1.82) is 0 Å². The normalized spacial score (nSPS) is 26.1. The van der Waals surface area contributed by atoms with Gasteiger partial charge in [-0.05, 0) is 37.3 Å². The van der Waals surface area contributed by atoms with E-state index in [1.54, 1.807) is 0 Å². The second kappa shape index (κ2) is 4.60. The third kappa shape index (κ3) is 1.96. The highest BCUT2D eigenvalue weighted by atomic mass is 32.2. The Kier molecular flexibility index (Phi) is 3.13. The smallest absolute Gasteiger partial charge is 0.243 e. The lowest BCUT2D eigenvalue weighted by Gasteiger charge is -2.26. The van der Waals surface area contributed by atoms with Crippen LogP contribution < -0.4 is 10.5 Å². The summed E-state index contributed by atoms with van der Waals surface area (Å²) in [6.07, 6.45) is 2.88. The third-order valence-corrected chi connectivity index (χ3v) is 6.11. The molecule has 5 nitrogen and oxygen atoms in total. The molecule has 1 saturated heterocycles. The zero-order valence-electron chi connectivity index (χ0n) is 11.2. The van der Waals surface area contributed by atoms with E-state index in [2.05, 4.69) is 0 Å². The van der Waals surface area contributed by atoms with Gasteiger partial charge in [-0.25, -0.2) is 12.8 Å². The number of sulfonamides is 1. The molecular formula is C13H17FN2O3S. The van der Waals surface area contributed by atoms with Gasteiger partial charge in [0.05, 0.1) is 17.7 Å². The Hall–Kier alpha value is -1.34. The fourth-order valence-corrected chi connectivity index (χ4v) is 5.05. The van der Waals surface area contributed by atoms with Crippen LogP contribution in [-0.4, -0.2) is 32.4 Å². The first kappa shape index (κ1) is 13.6. The molecule has 1 heterocycles. The minimum atomic E-state index is -3.68. The first-order chi connectivity index (χ1) is 9.43. The molecule has 2 N–H and O–H groups in total. The Morgan fingerprint density at radius 3 is 2.65 bits per heavy atom. The minimum Gasteiger partial charge on any atom is -0.492 e. The molecular weight excluding hydrogens is 283 g/mol. The first-order valence-electron chi connectivity index (χ1n) is 6.58. The lowest BCUT2D eigenvalue weighted by Crippen LogP contribution is -2.37. The molecule has 2 fully saturated rings. The van der Waals surface area contributed by atoms with Crippen LogP contribution in [0.5, 0.6) is 5.75 Å². The number of hydrogen-bond acceptors (Lipinski definition) is 4. The molecule has 1 aliphatic carbocycles. The number of rotatable bonds is 3. The van der Waals surface area contributed by atoms with Crippen LogP contribution in [0.4, 0.5) is 10.1 Å². The molecule has 0 amide bonds. The van der Waals surface area contributed by atoms with Crippen molar-refractivity contribution in [1.82, 2.24) is 4.31 Å². The van der Waals surface area contributed by atoms with E-state index >= 15 is 0 Å². The van der Waals surface area contributed by atoms with E-state index in [1.165, 1.54) is 17.5 Å². The Bertz CT molecular complexity index is 624. The zero-order valence-corrected chi connectivity index (χ0v) is 12.0. The summed E-state index contributed by atoms with van der Waals surface area (Å²) in [7, 11) is -2.39. The Morgan fingerprint density at radius 1 is 1.40 bits per heavy atom. The van der Waals surface area contributed by atoms with E-state index in [0.29, 0.717) is 12.5 Å². The van der Waals surface area contributed by atoms with Gasteiger partial charge in [0, 0.05) is 12.6 Å². The van der Waals surface area contributed by atoms with Gasteiger partial charge in [0.2, 0.25) is 10.0 Å². The molecule has 0 radical (unpaired) electrons. The molecule has 7 heteroatoms. The van der Waals surface area contributed by atoms with Crippen molar-refractivity contribution in [3.63, 3.8) is 0 Å². The number of nitrogen functional groups attached to an aromatic ring is 1. The maximum absolute atomic E-state index is 13.8. The molecule has 2 unspecified atom stereocenters. The number of nitrogens with two attached hydrogens (primary N) is 1. The molecule has 1 aromatic rings. The topological polar surface area (TPSA) is 72.6 Å². The van der Waals surface area contributed by atoms with Crippen molar-refractivity contribution in [3.8, 4) is 5.75 Å². The lowest BCUT2D eigenvalue weighted by molar-refractivity contribution is 0.333. The maximum Gasteiger partial charge on any atom is 0.243 e. The van der Waals surface area contributed by atoms with Crippen molar-refractivity contribution >= 4 is 15.7 Å². The van der Waals surface area contributed by atoms with Crippen LogP contribution in [-0.2, 0) is 10.0 Å². The van der Waals surface area contributed by atoms with Crippen LogP contribution in [0.15, 0.2) is 17.0 Å². The summed E-state index contributed by atoms with van der Waals surface area (Å²) in [4.78, 5) is -0.0964. The van der Waals surface area contributed by atoms with E-state index in [9.17, 15) is 12.8 Å². The van der Waals surface area contributed by atoms with Gasteiger partial charge >= 0.3 is 0 Å². The molecule has 110 valence electrons. The highest BCUT2D eigenvalue weighted by molar-refractivity contribution is 7.89. The fraction of sp³-hybridized carbons (Fsp3) is 0.538. The molecule has 1 aromatic carbocycles. The van der Waals surface area contributed by atoms with E-state index in [-0.39, 0.29) is 22.4 Å². The standard InChI is InChI=1S/C13H17FN2O3S/c1-19-13-11(14)5-10(6-12(13)15)20(17,18)16-7-8-2-3-9(16)4-8/h5-6,8-9H,2-4,7,15H2,1H3. The number of fused-ring (bicyclic) bond motifs is 2. The van der Waals surface area contributed by atoms with Gasteiger partial charge in [0.1, 0.15) is 0 Å². The predicted octanol–water partition coefficient (Wildman–Crippen LogP) is 1.59. The van der Waals surface area contributed by atoms with Crippen LogP contribution in [0.3, 0.4) is 0 Å². The molecule has 2 atom stereocenters. The Labute approximate surface area is 117 Å². The summed E-state index contributed by atoms with van der Waals surface area (Å²) in [5.41, 5.74) is 5.65. The molecule has 1 aliphatic heterocycles. The van der Waals surface area contributed by atoms with Gasteiger partial charge in [0.15, 0.2) is 11.6 Å². The average Bonchev–Trinajstić information content (AvgIpc) is 3.00. The summed E-state index contributed by atoms with van der Waals surface area (Å²) in [5.74, 6) is -0.433. The second-order valence-corrected chi connectivity index (χ2v) is 7.33. The fourth-order valence-electron chi connectivity index (χ4n) is 3.26. The van der Waals surface area contributed by atoms with Gasteiger partial charge < -0.3 is 10.5 Å². The van der Waals surface area contributed by atoms with E-state index in [1.807, 2.05) is 0 Å². The van der Waals surface area contributed by atoms with Crippen LogP contribution in [0.25, 0.3) is 0 Å². The Balaban J connectivity index is 2.00. The SMILES string of the molecule is COc1c(N)cc(S(=O)(=O)N2CC3CCC2C3)cc1F. The average molecular weight is 300 g/mol. The number of methoxy groups -OCH3 is 1. The van der Waals surface area contributed by atoms with Crippen LogP contribution in [0.2, 0.25) is 0 Å². The minimum absolute atomic E-state index is 0.00423. The molecule has 20 heavy (non-hydrogen) atoms. The van der Waals surface area contributed by atoms with Crippen molar-refractivity contribution in [3.05, 3.63) is 17.9 Å². The summed E-state index contributed by atoms with van der Waals surface area (Å²) in [6, 6.07) is 2.30.